The fourth-order valence-electron chi connectivity index (χ4n) is 1.93. The van der Waals surface area contributed by atoms with Gasteiger partial charge in [-0.05, 0) is 25.8 Å². The van der Waals surface area contributed by atoms with Gasteiger partial charge >= 0.3 is 5.97 Å². The first-order valence-corrected chi connectivity index (χ1v) is 6.94. The predicted molar refractivity (Wildman–Crippen MR) is 78.5 cm³/mol. The van der Waals surface area contributed by atoms with Crippen molar-refractivity contribution in [2.45, 2.75) is 39.5 Å². The Kier molecular flexibility index (Phi) is 5.74. The molecule has 110 valence electrons. The minimum Gasteiger partial charge on any atom is -0.481 e. The molecule has 1 amide bonds. The summed E-state index contributed by atoms with van der Waals surface area (Å²) in [4.78, 5) is 23.3. The summed E-state index contributed by atoms with van der Waals surface area (Å²) in [6.07, 6.45) is 1.65. The van der Waals surface area contributed by atoms with Crippen LogP contribution in [0, 0.1) is 5.41 Å². The fraction of sp³-hybridized carbons (Fsp3) is 0.500. The zero-order chi connectivity index (χ0) is 15.2. The van der Waals surface area contributed by atoms with Crippen molar-refractivity contribution in [3.63, 3.8) is 0 Å². The molecule has 0 spiro atoms. The first-order chi connectivity index (χ1) is 9.38. The molecule has 1 rings (SSSR count). The van der Waals surface area contributed by atoms with Gasteiger partial charge in [0, 0.05) is 6.54 Å². The number of carbonyl (C=O) groups excluding carboxylic acids is 1. The fourth-order valence-corrected chi connectivity index (χ4v) is 1.93. The van der Waals surface area contributed by atoms with Crippen molar-refractivity contribution in [2.24, 2.45) is 5.41 Å². The second kappa shape index (κ2) is 7.08. The smallest absolute Gasteiger partial charge is 0.310 e. The summed E-state index contributed by atoms with van der Waals surface area (Å²) >= 11 is 0. The van der Waals surface area contributed by atoms with Crippen LogP contribution in [-0.4, -0.2) is 23.5 Å². The van der Waals surface area contributed by atoms with Crippen molar-refractivity contribution >= 4 is 11.9 Å². The highest BCUT2D eigenvalue weighted by molar-refractivity contribution is 5.84. The van der Waals surface area contributed by atoms with E-state index < -0.39 is 11.4 Å². The van der Waals surface area contributed by atoms with E-state index in [4.69, 9.17) is 5.11 Å². The molecule has 20 heavy (non-hydrogen) atoms. The highest BCUT2D eigenvalue weighted by Crippen LogP contribution is 2.22. The van der Waals surface area contributed by atoms with Crippen LogP contribution < -0.4 is 5.32 Å². The molecule has 0 heterocycles. The summed E-state index contributed by atoms with van der Waals surface area (Å²) < 4.78 is 0. The number of benzene rings is 1. The second-order valence-corrected chi connectivity index (χ2v) is 5.66. The molecule has 4 nitrogen and oxygen atoms in total. The van der Waals surface area contributed by atoms with E-state index >= 15 is 0 Å². The number of aliphatic carboxylic acids is 1. The maximum atomic E-state index is 12.3. The Hall–Kier alpha value is -1.84. The van der Waals surface area contributed by atoms with Gasteiger partial charge in [0.1, 0.15) is 0 Å². The molecule has 0 bridgehead atoms. The number of carbonyl (C=O) groups is 2. The maximum absolute atomic E-state index is 12.3. The SMILES string of the molecule is CCCC(C(=O)NCC(C)(C)C(=O)O)c1ccccc1. The van der Waals surface area contributed by atoms with Crippen molar-refractivity contribution in [1.29, 1.82) is 0 Å². The van der Waals surface area contributed by atoms with Crippen LogP contribution in [0.1, 0.15) is 45.1 Å². The summed E-state index contributed by atoms with van der Waals surface area (Å²) in [6, 6.07) is 9.60. The quantitative estimate of drug-likeness (QED) is 0.805. The normalized spacial score (nSPS) is 12.8. The zero-order valence-corrected chi connectivity index (χ0v) is 12.3. The van der Waals surface area contributed by atoms with Crippen molar-refractivity contribution in [3.8, 4) is 0 Å². The molecule has 0 aliphatic carbocycles. The Morgan fingerprint density at radius 2 is 1.85 bits per heavy atom. The van der Waals surface area contributed by atoms with Gasteiger partial charge in [-0.3, -0.25) is 9.59 Å². The maximum Gasteiger partial charge on any atom is 0.310 e. The van der Waals surface area contributed by atoms with Crippen LogP contribution in [0.25, 0.3) is 0 Å². The first kappa shape index (κ1) is 16.2. The third-order valence-corrected chi connectivity index (χ3v) is 3.38. The lowest BCUT2D eigenvalue weighted by Crippen LogP contribution is -2.40. The van der Waals surface area contributed by atoms with Gasteiger partial charge < -0.3 is 10.4 Å². The molecule has 0 saturated carbocycles. The highest BCUT2D eigenvalue weighted by atomic mass is 16.4. The van der Waals surface area contributed by atoms with E-state index in [1.54, 1.807) is 13.8 Å². The van der Waals surface area contributed by atoms with Crippen LogP contribution in [0.15, 0.2) is 30.3 Å². The summed E-state index contributed by atoms with van der Waals surface area (Å²) in [5.74, 6) is -1.23. The van der Waals surface area contributed by atoms with Crippen LogP contribution in [0.3, 0.4) is 0 Å². The van der Waals surface area contributed by atoms with Gasteiger partial charge in [0.25, 0.3) is 0 Å². The molecule has 0 aliphatic heterocycles. The molecule has 0 aliphatic rings. The summed E-state index contributed by atoms with van der Waals surface area (Å²) in [5.41, 5.74) is 0.0170. The number of hydrogen-bond donors (Lipinski definition) is 2. The van der Waals surface area contributed by atoms with Gasteiger partial charge in [0.05, 0.1) is 11.3 Å². The summed E-state index contributed by atoms with van der Waals surface area (Å²) in [5, 5.41) is 11.8. The molecule has 0 aromatic heterocycles. The molecular weight excluding hydrogens is 254 g/mol. The molecule has 0 saturated heterocycles. The molecule has 1 atom stereocenters. The first-order valence-electron chi connectivity index (χ1n) is 6.94. The average molecular weight is 277 g/mol. The Labute approximate surface area is 120 Å². The van der Waals surface area contributed by atoms with Gasteiger partial charge in [-0.15, -0.1) is 0 Å². The monoisotopic (exact) mass is 277 g/mol. The van der Waals surface area contributed by atoms with Crippen LogP contribution >= 0.6 is 0 Å². The number of carboxylic acid groups (broad SMARTS) is 1. The van der Waals surface area contributed by atoms with E-state index in [2.05, 4.69) is 5.32 Å². The number of carboxylic acids is 1. The lowest BCUT2D eigenvalue weighted by atomic mass is 9.91. The van der Waals surface area contributed by atoms with Gasteiger partial charge in [-0.2, -0.15) is 0 Å². The largest absolute Gasteiger partial charge is 0.481 e. The number of amides is 1. The lowest BCUT2D eigenvalue weighted by molar-refractivity contribution is -0.146. The van der Waals surface area contributed by atoms with E-state index in [0.29, 0.717) is 0 Å². The Morgan fingerprint density at radius 3 is 2.35 bits per heavy atom. The molecule has 2 N–H and O–H groups in total. The number of rotatable bonds is 7. The number of nitrogens with one attached hydrogen (secondary N) is 1. The van der Waals surface area contributed by atoms with Crippen LogP contribution in [0.4, 0.5) is 0 Å². The standard InChI is InChI=1S/C16H23NO3/c1-4-8-13(12-9-6-5-7-10-12)14(18)17-11-16(2,3)15(19)20/h5-7,9-10,13H,4,8,11H2,1-3H3,(H,17,18)(H,19,20). The van der Waals surface area contributed by atoms with Crippen molar-refractivity contribution < 1.29 is 14.7 Å². The van der Waals surface area contributed by atoms with E-state index in [9.17, 15) is 9.59 Å². The van der Waals surface area contributed by atoms with Crippen molar-refractivity contribution in [2.75, 3.05) is 6.54 Å². The van der Waals surface area contributed by atoms with Crippen LogP contribution in [0.2, 0.25) is 0 Å². The molecule has 0 fully saturated rings. The summed E-state index contributed by atoms with van der Waals surface area (Å²) in [7, 11) is 0. The minimum atomic E-state index is -0.955. The van der Waals surface area contributed by atoms with E-state index in [1.165, 1.54) is 0 Å². The molecule has 4 heteroatoms. The third-order valence-electron chi connectivity index (χ3n) is 3.38. The van der Waals surface area contributed by atoms with Crippen LogP contribution in [0.5, 0.6) is 0 Å². The van der Waals surface area contributed by atoms with Gasteiger partial charge in [0.2, 0.25) is 5.91 Å². The van der Waals surface area contributed by atoms with Crippen molar-refractivity contribution in [1.82, 2.24) is 5.32 Å². The zero-order valence-electron chi connectivity index (χ0n) is 12.3. The molecule has 1 aromatic carbocycles. The highest BCUT2D eigenvalue weighted by Gasteiger charge is 2.29. The Bertz CT molecular complexity index is 454. The lowest BCUT2D eigenvalue weighted by Gasteiger charge is -2.22. The second-order valence-electron chi connectivity index (χ2n) is 5.66. The predicted octanol–water partition coefficient (Wildman–Crippen LogP) is 2.80. The molecule has 0 radical (unpaired) electrons. The van der Waals surface area contributed by atoms with E-state index in [1.807, 2.05) is 37.3 Å². The minimum absolute atomic E-state index is 0.104. The van der Waals surface area contributed by atoms with Crippen LogP contribution in [-0.2, 0) is 9.59 Å². The summed E-state index contributed by atoms with van der Waals surface area (Å²) in [6.45, 7) is 5.37. The third kappa shape index (κ3) is 4.37. The molecule has 1 unspecified atom stereocenters. The Balaban J connectivity index is 2.74. The van der Waals surface area contributed by atoms with Gasteiger partial charge in [-0.1, -0.05) is 43.7 Å². The Morgan fingerprint density at radius 1 is 1.25 bits per heavy atom. The van der Waals surface area contributed by atoms with Gasteiger partial charge in [-0.25, -0.2) is 0 Å². The van der Waals surface area contributed by atoms with E-state index in [0.717, 1.165) is 18.4 Å². The topological polar surface area (TPSA) is 66.4 Å². The van der Waals surface area contributed by atoms with E-state index in [-0.39, 0.29) is 18.4 Å². The molecule has 1 aromatic rings. The average Bonchev–Trinajstić information content (AvgIpc) is 2.43. The van der Waals surface area contributed by atoms with Crippen molar-refractivity contribution in [3.05, 3.63) is 35.9 Å². The molecular formula is C16H23NO3. The van der Waals surface area contributed by atoms with Gasteiger partial charge in [0.15, 0.2) is 0 Å². The number of hydrogen-bond acceptors (Lipinski definition) is 2.